The molecule has 0 aromatic carbocycles. The van der Waals surface area contributed by atoms with Crippen LogP contribution in [0.25, 0.3) is 0 Å². The summed E-state index contributed by atoms with van der Waals surface area (Å²) >= 11 is 0. The maximum atomic E-state index is 13.9. The molecule has 0 unspecified atom stereocenters. The summed E-state index contributed by atoms with van der Waals surface area (Å²) in [5, 5.41) is 2.78. The summed E-state index contributed by atoms with van der Waals surface area (Å²) in [5.41, 5.74) is 5.19. The number of nitrogens with zero attached hydrogens (tertiary/aromatic N) is 2. The van der Waals surface area contributed by atoms with E-state index in [9.17, 15) is 13.6 Å². The minimum absolute atomic E-state index is 0.0631. The Bertz CT molecular complexity index is 516. The molecule has 0 radical (unpaired) electrons. The van der Waals surface area contributed by atoms with Gasteiger partial charge in [-0.2, -0.15) is 0 Å². The third-order valence-corrected chi connectivity index (χ3v) is 3.66. The molecule has 0 spiro atoms. The predicted molar refractivity (Wildman–Crippen MR) is 77.1 cm³/mol. The largest absolute Gasteiger partial charge is 0.370 e. The van der Waals surface area contributed by atoms with E-state index in [1.54, 1.807) is 4.90 Å². The lowest BCUT2D eigenvalue weighted by molar-refractivity contribution is -0.119. The first kappa shape index (κ1) is 15.5. The van der Waals surface area contributed by atoms with Gasteiger partial charge in [-0.15, -0.1) is 0 Å². The highest BCUT2D eigenvalue weighted by Gasteiger charge is 2.24. The standard InChI is InChI=1S/C14H20F2N4O/c1-2-18-13-10(15)8-11(16)14(19-13)20-5-3-9(4-6-20)7-12(17)21/h8-9H,2-7H2,1H3,(H2,17,21)(H,18,19). The van der Waals surface area contributed by atoms with Crippen molar-refractivity contribution in [2.75, 3.05) is 29.9 Å². The molecule has 1 aromatic heterocycles. The Labute approximate surface area is 122 Å². The highest BCUT2D eigenvalue weighted by molar-refractivity contribution is 5.74. The zero-order valence-electron chi connectivity index (χ0n) is 12.0. The molecule has 1 fully saturated rings. The molecule has 2 heterocycles. The van der Waals surface area contributed by atoms with Crippen LogP contribution in [0.15, 0.2) is 6.07 Å². The van der Waals surface area contributed by atoms with Crippen LogP contribution >= 0.6 is 0 Å². The average Bonchev–Trinajstić information content (AvgIpc) is 2.42. The topological polar surface area (TPSA) is 71.2 Å². The van der Waals surface area contributed by atoms with Gasteiger partial charge in [-0.1, -0.05) is 0 Å². The summed E-state index contributed by atoms with van der Waals surface area (Å²) in [4.78, 5) is 16.7. The Balaban J connectivity index is 2.09. The molecule has 1 aliphatic rings. The van der Waals surface area contributed by atoms with Gasteiger partial charge < -0.3 is 16.0 Å². The van der Waals surface area contributed by atoms with Crippen LogP contribution in [0.3, 0.4) is 0 Å². The summed E-state index contributed by atoms with van der Waals surface area (Å²) in [5.74, 6) is -1.22. The van der Waals surface area contributed by atoms with Gasteiger partial charge in [-0.05, 0) is 25.7 Å². The van der Waals surface area contributed by atoms with E-state index >= 15 is 0 Å². The van der Waals surface area contributed by atoms with Gasteiger partial charge in [0, 0.05) is 32.1 Å². The first-order chi connectivity index (χ1) is 10.0. The number of carbonyl (C=O) groups excluding carboxylic acids is 1. The molecule has 1 aliphatic heterocycles. The van der Waals surface area contributed by atoms with Gasteiger partial charge in [0.1, 0.15) is 0 Å². The number of pyridine rings is 1. The van der Waals surface area contributed by atoms with Gasteiger partial charge in [0.15, 0.2) is 23.3 Å². The number of piperidine rings is 1. The third-order valence-electron chi connectivity index (χ3n) is 3.66. The number of hydrogen-bond acceptors (Lipinski definition) is 4. The van der Waals surface area contributed by atoms with E-state index in [-0.39, 0.29) is 23.5 Å². The quantitative estimate of drug-likeness (QED) is 0.870. The van der Waals surface area contributed by atoms with Crippen LogP contribution in [0, 0.1) is 17.6 Å². The Kier molecular flexibility index (Phi) is 4.93. The lowest BCUT2D eigenvalue weighted by atomic mass is 9.93. The highest BCUT2D eigenvalue weighted by Crippen LogP contribution is 2.27. The predicted octanol–water partition coefficient (Wildman–Crippen LogP) is 1.88. The van der Waals surface area contributed by atoms with Crippen LogP contribution in [0.4, 0.5) is 20.4 Å². The molecular weight excluding hydrogens is 278 g/mol. The molecule has 1 amide bonds. The number of anilines is 2. The van der Waals surface area contributed by atoms with Crippen molar-refractivity contribution >= 4 is 17.5 Å². The Morgan fingerprint density at radius 2 is 2.10 bits per heavy atom. The summed E-state index contributed by atoms with van der Waals surface area (Å²) in [7, 11) is 0. The molecule has 3 N–H and O–H groups in total. The lowest BCUT2D eigenvalue weighted by Crippen LogP contribution is -2.36. The number of carbonyl (C=O) groups is 1. The number of aromatic nitrogens is 1. The fourth-order valence-electron chi connectivity index (χ4n) is 2.60. The number of halogens is 2. The first-order valence-corrected chi connectivity index (χ1v) is 7.14. The zero-order chi connectivity index (χ0) is 15.4. The maximum absolute atomic E-state index is 13.9. The van der Waals surface area contributed by atoms with Gasteiger partial charge >= 0.3 is 0 Å². The minimum atomic E-state index is -0.693. The number of rotatable bonds is 5. The van der Waals surface area contributed by atoms with Gasteiger partial charge in [-0.3, -0.25) is 4.79 Å². The smallest absolute Gasteiger partial charge is 0.217 e. The van der Waals surface area contributed by atoms with Crippen molar-refractivity contribution in [1.82, 2.24) is 4.98 Å². The maximum Gasteiger partial charge on any atom is 0.217 e. The molecule has 0 aliphatic carbocycles. The van der Waals surface area contributed by atoms with Crippen molar-refractivity contribution in [2.24, 2.45) is 11.7 Å². The molecular formula is C14H20F2N4O. The summed E-state index contributed by atoms with van der Waals surface area (Å²) in [6.45, 7) is 3.49. The molecule has 0 atom stereocenters. The van der Waals surface area contributed by atoms with Crippen LogP contribution in [0.5, 0.6) is 0 Å². The fourth-order valence-corrected chi connectivity index (χ4v) is 2.60. The van der Waals surface area contributed by atoms with Crippen molar-refractivity contribution < 1.29 is 13.6 Å². The fraction of sp³-hybridized carbons (Fsp3) is 0.571. The second-order valence-electron chi connectivity index (χ2n) is 5.26. The van der Waals surface area contributed by atoms with Crippen molar-refractivity contribution in [2.45, 2.75) is 26.2 Å². The van der Waals surface area contributed by atoms with Crippen LogP contribution in [-0.4, -0.2) is 30.5 Å². The van der Waals surface area contributed by atoms with E-state index < -0.39 is 11.6 Å². The van der Waals surface area contributed by atoms with Gasteiger partial charge in [0.05, 0.1) is 0 Å². The van der Waals surface area contributed by atoms with Crippen LogP contribution in [0.2, 0.25) is 0 Å². The number of primary amides is 1. The second-order valence-corrected chi connectivity index (χ2v) is 5.26. The number of hydrogen-bond donors (Lipinski definition) is 2. The van der Waals surface area contributed by atoms with Crippen LogP contribution in [0.1, 0.15) is 26.2 Å². The number of nitrogens with one attached hydrogen (secondary N) is 1. The van der Waals surface area contributed by atoms with Crippen LogP contribution in [-0.2, 0) is 4.79 Å². The summed E-state index contributed by atoms with van der Waals surface area (Å²) in [6.07, 6.45) is 1.85. The normalized spacial score (nSPS) is 16.0. The molecule has 7 heteroatoms. The van der Waals surface area contributed by atoms with Gasteiger partial charge in [-0.25, -0.2) is 13.8 Å². The van der Waals surface area contributed by atoms with Gasteiger partial charge in [0.25, 0.3) is 0 Å². The molecule has 2 rings (SSSR count). The Morgan fingerprint density at radius 1 is 1.43 bits per heavy atom. The van der Waals surface area contributed by atoms with Crippen molar-refractivity contribution in [3.63, 3.8) is 0 Å². The molecule has 21 heavy (non-hydrogen) atoms. The van der Waals surface area contributed by atoms with Gasteiger partial charge in [0.2, 0.25) is 5.91 Å². The third kappa shape index (κ3) is 3.80. The van der Waals surface area contributed by atoms with E-state index in [4.69, 9.17) is 5.73 Å². The van der Waals surface area contributed by atoms with Crippen LogP contribution < -0.4 is 16.0 Å². The Hall–Kier alpha value is -1.92. The number of amides is 1. The molecule has 0 bridgehead atoms. The molecule has 116 valence electrons. The van der Waals surface area contributed by atoms with E-state index in [0.29, 0.717) is 26.1 Å². The van der Waals surface area contributed by atoms with E-state index in [1.807, 2.05) is 6.92 Å². The Morgan fingerprint density at radius 3 is 2.67 bits per heavy atom. The minimum Gasteiger partial charge on any atom is -0.370 e. The first-order valence-electron chi connectivity index (χ1n) is 7.14. The average molecular weight is 298 g/mol. The summed E-state index contributed by atoms with van der Waals surface area (Å²) < 4.78 is 27.5. The summed E-state index contributed by atoms with van der Waals surface area (Å²) in [6, 6.07) is 0.857. The van der Waals surface area contributed by atoms with E-state index in [0.717, 1.165) is 18.9 Å². The number of nitrogens with two attached hydrogens (primary N) is 1. The van der Waals surface area contributed by atoms with Crippen molar-refractivity contribution in [3.05, 3.63) is 17.7 Å². The monoisotopic (exact) mass is 298 g/mol. The molecule has 0 saturated carbocycles. The SMILES string of the molecule is CCNc1nc(N2CCC(CC(N)=O)CC2)c(F)cc1F. The van der Waals surface area contributed by atoms with E-state index in [2.05, 4.69) is 10.3 Å². The lowest BCUT2D eigenvalue weighted by Gasteiger charge is -2.32. The zero-order valence-corrected chi connectivity index (χ0v) is 12.0. The molecule has 5 nitrogen and oxygen atoms in total. The molecule has 1 aromatic rings. The van der Waals surface area contributed by atoms with Crippen molar-refractivity contribution in [1.29, 1.82) is 0 Å². The molecule has 1 saturated heterocycles. The van der Waals surface area contributed by atoms with Crippen molar-refractivity contribution in [3.8, 4) is 0 Å². The van der Waals surface area contributed by atoms with E-state index in [1.165, 1.54) is 0 Å². The second kappa shape index (κ2) is 6.69. The highest BCUT2D eigenvalue weighted by atomic mass is 19.1.